The number of hydrogen-bond donors (Lipinski definition) is 1. The summed E-state index contributed by atoms with van der Waals surface area (Å²) in [6, 6.07) is 8.96. The van der Waals surface area contributed by atoms with Crippen molar-refractivity contribution in [3.63, 3.8) is 0 Å². The van der Waals surface area contributed by atoms with Crippen molar-refractivity contribution in [2.45, 2.75) is 0 Å². The first-order valence-electron chi connectivity index (χ1n) is 7.12. The lowest BCUT2D eigenvalue weighted by molar-refractivity contribution is 0.104. The van der Waals surface area contributed by atoms with Crippen molar-refractivity contribution in [3.8, 4) is 17.2 Å². The van der Waals surface area contributed by atoms with Gasteiger partial charge in [0.05, 0.1) is 21.3 Å². The molecule has 0 aliphatic heterocycles. The van der Waals surface area contributed by atoms with E-state index in [9.17, 15) is 9.18 Å². The monoisotopic (exact) mass is 331 g/mol. The van der Waals surface area contributed by atoms with Crippen molar-refractivity contribution in [1.29, 1.82) is 0 Å². The van der Waals surface area contributed by atoms with E-state index in [4.69, 9.17) is 14.2 Å². The average molecular weight is 331 g/mol. The van der Waals surface area contributed by atoms with Gasteiger partial charge in [-0.15, -0.1) is 0 Å². The van der Waals surface area contributed by atoms with Crippen molar-refractivity contribution in [3.05, 3.63) is 60.1 Å². The summed E-state index contributed by atoms with van der Waals surface area (Å²) < 4.78 is 28.5. The lowest BCUT2D eigenvalue weighted by atomic mass is 10.1. The average Bonchev–Trinajstić information content (AvgIpc) is 2.61. The number of ketones is 1. The van der Waals surface area contributed by atoms with Crippen molar-refractivity contribution >= 4 is 11.5 Å². The van der Waals surface area contributed by atoms with Crippen LogP contribution in [0.4, 0.5) is 10.1 Å². The Morgan fingerprint density at radius 2 is 1.58 bits per heavy atom. The topological polar surface area (TPSA) is 56.8 Å². The van der Waals surface area contributed by atoms with E-state index < -0.39 is 0 Å². The second-order valence-electron chi connectivity index (χ2n) is 4.76. The Balaban J connectivity index is 2.16. The zero-order valence-corrected chi connectivity index (χ0v) is 13.6. The van der Waals surface area contributed by atoms with Crippen LogP contribution >= 0.6 is 0 Å². The SMILES string of the molecule is COc1cc(C(=O)/C=C/Nc2ccc(F)cc2)cc(OC)c1OC. The molecule has 5 nitrogen and oxygen atoms in total. The van der Waals surface area contributed by atoms with E-state index in [1.54, 1.807) is 24.3 Å². The number of rotatable bonds is 7. The Hall–Kier alpha value is -3.02. The summed E-state index contributed by atoms with van der Waals surface area (Å²) in [5.41, 5.74) is 1.06. The van der Waals surface area contributed by atoms with Gasteiger partial charge in [0, 0.05) is 23.5 Å². The van der Waals surface area contributed by atoms with Crippen molar-refractivity contribution < 1.29 is 23.4 Å². The molecular formula is C18H18FNO4. The molecule has 0 saturated heterocycles. The molecule has 2 rings (SSSR count). The van der Waals surface area contributed by atoms with Gasteiger partial charge in [0.15, 0.2) is 17.3 Å². The highest BCUT2D eigenvalue weighted by molar-refractivity contribution is 6.05. The van der Waals surface area contributed by atoms with Crippen LogP contribution in [0.15, 0.2) is 48.7 Å². The minimum atomic E-state index is -0.321. The predicted molar refractivity (Wildman–Crippen MR) is 89.6 cm³/mol. The van der Waals surface area contributed by atoms with Crippen molar-refractivity contribution in [2.24, 2.45) is 0 Å². The zero-order valence-electron chi connectivity index (χ0n) is 13.6. The number of nitrogens with one attached hydrogen (secondary N) is 1. The first-order valence-corrected chi connectivity index (χ1v) is 7.12. The molecule has 1 N–H and O–H groups in total. The number of methoxy groups -OCH3 is 3. The van der Waals surface area contributed by atoms with Crippen LogP contribution in [0.5, 0.6) is 17.2 Å². The normalized spacial score (nSPS) is 10.5. The minimum Gasteiger partial charge on any atom is -0.493 e. The molecule has 0 bridgehead atoms. The molecule has 2 aromatic carbocycles. The van der Waals surface area contributed by atoms with Gasteiger partial charge in [-0.1, -0.05) is 0 Å². The Morgan fingerprint density at radius 1 is 1.00 bits per heavy atom. The van der Waals surface area contributed by atoms with Crippen LogP contribution in [0.3, 0.4) is 0 Å². The van der Waals surface area contributed by atoms with Crippen LogP contribution < -0.4 is 19.5 Å². The number of allylic oxidation sites excluding steroid dienone is 1. The maximum Gasteiger partial charge on any atom is 0.203 e. The fourth-order valence-corrected chi connectivity index (χ4v) is 2.08. The number of halogens is 1. The van der Waals surface area contributed by atoms with Gasteiger partial charge in [-0.3, -0.25) is 4.79 Å². The summed E-state index contributed by atoms with van der Waals surface area (Å²) >= 11 is 0. The molecule has 0 unspecified atom stereocenters. The lowest BCUT2D eigenvalue weighted by Crippen LogP contribution is -2.01. The molecule has 0 heterocycles. The maximum absolute atomic E-state index is 12.8. The number of benzene rings is 2. The first kappa shape index (κ1) is 17.3. The highest BCUT2D eigenvalue weighted by atomic mass is 19.1. The van der Waals surface area contributed by atoms with E-state index in [2.05, 4.69) is 5.32 Å². The molecule has 0 radical (unpaired) electrons. The Kier molecular flexibility index (Phi) is 5.78. The summed E-state index contributed by atoms with van der Waals surface area (Å²) in [7, 11) is 4.46. The summed E-state index contributed by atoms with van der Waals surface area (Å²) in [5, 5.41) is 2.90. The third-order valence-corrected chi connectivity index (χ3v) is 3.28. The molecular weight excluding hydrogens is 313 g/mol. The second kappa shape index (κ2) is 8.01. The van der Waals surface area contributed by atoms with Gasteiger partial charge in [0.2, 0.25) is 5.75 Å². The molecule has 0 spiro atoms. The zero-order chi connectivity index (χ0) is 17.5. The first-order chi connectivity index (χ1) is 11.6. The second-order valence-corrected chi connectivity index (χ2v) is 4.76. The van der Waals surface area contributed by atoms with Gasteiger partial charge < -0.3 is 19.5 Å². The lowest BCUT2D eigenvalue weighted by Gasteiger charge is -2.13. The van der Waals surface area contributed by atoms with Gasteiger partial charge in [0.25, 0.3) is 0 Å². The molecule has 0 aliphatic carbocycles. The molecule has 0 amide bonds. The molecule has 126 valence electrons. The Labute approximate surface area is 139 Å². The molecule has 0 aliphatic rings. The van der Waals surface area contributed by atoms with Crippen molar-refractivity contribution in [2.75, 3.05) is 26.6 Å². The van der Waals surface area contributed by atoms with E-state index in [1.807, 2.05) is 0 Å². The quantitative estimate of drug-likeness (QED) is 0.620. The van der Waals surface area contributed by atoms with E-state index >= 15 is 0 Å². The molecule has 0 fully saturated rings. The maximum atomic E-state index is 12.8. The van der Waals surface area contributed by atoms with Gasteiger partial charge in [-0.25, -0.2) is 4.39 Å². The largest absolute Gasteiger partial charge is 0.493 e. The molecule has 0 atom stereocenters. The van der Waals surface area contributed by atoms with Crippen LogP contribution in [0.1, 0.15) is 10.4 Å². The molecule has 0 saturated carbocycles. The molecule has 0 aromatic heterocycles. The standard InChI is InChI=1S/C18H18FNO4/c1-22-16-10-12(11-17(23-2)18(16)24-3)15(21)8-9-20-14-6-4-13(19)5-7-14/h4-11,20H,1-3H3/b9-8+. The molecule has 2 aromatic rings. The fraction of sp³-hybridized carbons (Fsp3) is 0.167. The minimum absolute atomic E-state index is 0.246. The van der Waals surface area contributed by atoms with Crippen LogP contribution in [0.2, 0.25) is 0 Å². The Bertz CT molecular complexity index is 716. The van der Waals surface area contributed by atoms with E-state index in [0.29, 0.717) is 28.5 Å². The number of carbonyl (C=O) groups is 1. The predicted octanol–water partition coefficient (Wildman–Crippen LogP) is 3.66. The van der Waals surface area contributed by atoms with Crippen LogP contribution in [-0.2, 0) is 0 Å². The summed E-state index contributed by atoms with van der Waals surface area (Å²) in [6.07, 6.45) is 2.85. The van der Waals surface area contributed by atoms with Crippen LogP contribution in [0.25, 0.3) is 0 Å². The van der Waals surface area contributed by atoms with Gasteiger partial charge >= 0.3 is 0 Å². The van der Waals surface area contributed by atoms with Crippen LogP contribution in [-0.4, -0.2) is 27.1 Å². The molecule has 6 heteroatoms. The number of carbonyl (C=O) groups excluding carboxylic acids is 1. The summed E-state index contributed by atoms with van der Waals surface area (Å²) in [5.74, 6) is 0.659. The smallest absolute Gasteiger partial charge is 0.203 e. The van der Waals surface area contributed by atoms with Gasteiger partial charge in [-0.2, -0.15) is 0 Å². The van der Waals surface area contributed by atoms with E-state index in [0.717, 1.165) is 0 Å². The van der Waals surface area contributed by atoms with E-state index in [1.165, 1.54) is 45.7 Å². The third kappa shape index (κ3) is 4.04. The number of ether oxygens (including phenoxy) is 3. The molecule has 24 heavy (non-hydrogen) atoms. The Morgan fingerprint density at radius 3 is 2.08 bits per heavy atom. The van der Waals surface area contributed by atoms with E-state index in [-0.39, 0.29) is 11.6 Å². The summed E-state index contributed by atoms with van der Waals surface area (Å²) in [4.78, 5) is 12.3. The van der Waals surface area contributed by atoms with Crippen LogP contribution in [0, 0.1) is 5.82 Å². The summed E-state index contributed by atoms with van der Waals surface area (Å²) in [6.45, 7) is 0. The highest BCUT2D eigenvalue weighted by Gasteiger charge is 2.15. The van der Waals surface area contributed by atoms with Crippen molar-refractivity contribution in [1.82, 2.24) is 0 Å². The van der Waals surface area contributed by atoms with Gasteiger partial charge in [0.1, 0.15) is 5.82 Å². The fourth-order valence-electron chi connectivity index (χ4n) is 2.08. The third-order valence-electron chi connectivity index (χ3n) is 3.28. The van der Waals surface area contributed by atoms with Gasteiger partial charge in [-0.05, 0) is 36.4 Å². The highest BCUT2D eigenvalue weighted by Crippen LogP contribution is 2.38. The number of anilines is 1. The number of hydrogen-bond acceptors (Lipinski definition) is 5.